The molecule has 0 spiro atoms. The predicted octanol–water partition coefficient (Wildman–Crippen LogP) is 1.97. The molecule has 98 valence electrons. The molecule has 1 fully saturated rings. The van der Waals surface area contributed by atoms with Gasteiger partial charge in [0.2, 0.25) is 0 Å². The van der Waals surface area contributed by atoms with Crippen molar-refractivity contribution in [3.8, 4) is 6.07 Å². The first-order valence-corrected chi connectivity index (χ1v) is 6.15. The van der Waals surface area contributed by atoms with Gasteiger partial charge >= 0.3 is 0 Å². The maximum atomic E-state index is 9.50. The van der Waals surface area contributed by atoms with Crippen molar-refractivity contribution in [2.45, 2.75) is 6.04 Å². The highest BCUT2D eigenvalue weighted by Gasteiger charge is 2.48. The Kier molecular flexibility index (Phi) is 2.77. The zero-order chi connectivity index (χ0) is 13.5. The quantitative estimate of drug-likeness (QED) is 0.841. The van der Waals surface area contributed by atoms with Crippen LogP contribution in [0.3, 0.4) is 0 Å². The summed E-state index contributed by atoms with van der Waals surface area (Å²) in [6.07, 6.45) is 1.44. The van der Waals surface area contributed by atoms with Crippen molar-refractivity contribution in [1.29, 1.82) is 5.26 Å². The lowest BCUT2D eigenvalue weighted by atomic mass is 9.76. The van der Waals surface area contributed by atoms with Crippen LogP contribution in [0, 0.1) is 16.7 Å². The van der Waals surface area contributed by atoms with E-state index < -0.39 is 5.41 Å². The zero-order valence-corrected chi connectivity index (χ0v) is 11.0. The highest BCUT2D eigenvalue weighted by atomic mass is 16.5. The van der Waals surface area contributed by atoms with E-state index in [0.29, 0.717) is 13.2 Å². The third-order valence-corrected chi connectivity index (χ3v) is 3.65. The first kappa shape index (κ1) is 12.2. The molecule has 2 aromatic rings. The summed E-state index contributed by atoms with van der Waals surface area (Å²) in [5, 5.41) is 9.50. The number of fused-ring (bicyclic) bond motifs is 1. The lowest BCUT2D eigenvalue weighted by Crippen LogP contribution is -2.50. The number of oxazole rings is 1. The smallest absolute Gasteiger partial charge is 0.181 e. The van der Waals surface area contributed by atoms with E-state index >= 15 is 0 Å². The van der Waals surface area contributed by atoms with Crippen molar-refractivity contribution in [3.05, 3.63) is 30.2 Å². The Balaban J connectivity index is 2.07. The summed E-state index contributed by atoms with van der Waals surface area (Å²) in [4.78, 5) is 6.17. The average molecular weight is 257 g/mol. The molecule has 1 saturated heterocycles. The van der Waals surface area contributed by atoms with Crippen LogP contribution >= 0.6 is 0 Å². The van der Waals surface area contributed by atoms with Crippen LogP contribution in [0.4, 0.5) is 0 Å². The lowest BCUT2D eigenvalue weighted by molar-refractivity contribution is -0.115. The van der Waals surface area contributed by atoms with Gasteiger partial charge in [-0.2, -0.15) is 5.26 Å². The van der Waals surface area contributed by atoms with Gasteiger partial charge in [0.15, 0.2) is 12.0 Å². The Morgan fingerprint density at radius 1 is 1.42 bits per heavy atom. The second kappa shape index (κ2) is 4.34. The maximum Gasteiger partial charge on any atom is 0.181 e. The van der Waals surface area contributed by atoms with E-state index in [9.17, 15) is 5.26 Å². The van der Waals surface area contributed by atoms with E-state index in [1.165, 1.54) is 6.39 Å². The molecular weight excluding hydrogens is 242 g/mol. The monoisotopic (exact) mass is 257 g/mol. The van der Waals surface area contributed by atoms with Gasteiger partial charge in [0.25, 0.3) is 0 Å². The largest absolute Gasteiger partial charge is 0.443 e. The van der Waals surface area contributed by atoms with Gasteiger partial charge in [-0.15, -0.1) is 0 Å². The van der Waals surface area contributed by atoms with Crippen molar-refractivity contribution in [3.63, 3.8) is 0 Å². The SMILES string of the molecule is CN(C)C(c1ccc2ncoc2c1)C1(C#N)COC1. The van der Waals surface area contributed by atoms with Crippen molar-refractivity contribution >= 4 is 11.1 Å². The molecule has 1 unspecified atom stereocenters. The molecule has 0 radical (unpaired) electrons. The van der Waals surface area contributed by atoms with Crippen LogP contribution in [0.25, 0.3) is 11.1 Å². The Hall–Kier alpha value is -1.90. The summed E-state index contributed by atoms with van der Waals surface area (Å²) in [5.74, 6) is 0. The number of rotatable bonds is 3. The predicted molar refractivity (Wildman–Crippen MR) is 69.3 cm³/mol. The fourth-order valence-corrected chi connectivity index (χ4v) is 2.76. The first-order chi connectivity index (χ1) is 9.16. The molecule has 0 saturated carbocycles. The van der Waals surface area contributed by atoms with Gasteiger partial charge in [0.05, 0.1) is 25.3 Å². The third-order valence-electron chi connectivity index (χ3n) is 3.65. The summed E-state index contributed by atoms with van der Waals surface area (Å²) >= 11 is 0. The maximum absolute atomic E-state index is 9.50. The number of hydrogen-bond acceptors (Lipinski definition) is 5. The number of nitriles is 1. The van der Waals surface area contributed by atoms with E-state index in [0.717, 1.165) is 16.7 Å². The van der Waals surface area contributed by atoms with E-state index in [1.807, 2.05) is 32.3 Å². The molecule has 1 aliphatic heterocycles. The molecule has 19 heavy (non-hydrogen) atoms. The average Bonchev–Trinajstić information content (AvgIpc) is 2.80. The van der Waals surface area contributed by atoms with E-state index in [4.69, 9.17) is 9.15 Å². The van der Waals surface area contributed by atoms with Crippen LogP contribution in [0.15, 0.2) is 29.0 Å². The van der Waals surface area contributed by atoms with Crippen LogP contribution in [0.5, 0.6) is 0 Å². The minimum atomic E-state index is -0.475. The van der Waals surface area contributed by atoms with Crippen LogP contribution in [0.1, 0.15) is 11.6 Å². The molecule has 1 atom stereocenters. The summed E-state index contributed by atoms with van der Waals surface area (Å²) in [6, 6.07) is 8.31. The van der Waals surface area contributed by atoms with Crippen molar-refractivity contribution < 1.29 is 9.15 Å². The van der Waals surface area contributed by atoms with Crippen LogP contribution in [0.2, 0.25) is 0 Å². The number of ether oxygens (including phenoxy) is 1. The van der Waals surface area contributed by atoms with Crippen molar-refractivity contribution in [2.24, 2.45) is 5.41 Å². The normalized spacial score (nSPS) is 19.1. The van der Waals surface area contributed by atoms with E-state index in [-0.39, 0.29) is 6.04 Å². The molecule has 5 nitrogen and oxygen atoms in total. The van der Waals surface area contributed by atoms with Gasteiger partial charge < -0.3 is 14.1 Å². The molecule has 0 bridgehead atoms. The van der Waals surface area contributed by atoms with Gasteiger partial charge in [0, 0.05) is 0 Å². The van der Waals surface area contributed by atoms with Gasteiger partial charge in [-0.1, -0.05) is 6.07 Å². The fourth-order valence-electron chi connectivity index (χ4n) is 2.76. The number of hydrogen-bond donors (Lipinski definition) is 0. The van der Waals surface area contributed by atoms with Crippen LogP contribution in [-0.4, -0.2) is 37.2 Å². The van der Waals surface area contributed by atoms with Crippen LogP contribution in [-0.2, 0) is 4.74 Å². The van der Waals surface area contributed by atoms with Crippen LogP contribution < -0.4 is 0 Å². The Bertz CT molecular complexity index is 637. The number of benzene rings is 1. The second-order valence-electron chi connectivity index (χ2n) is 5.21. The minimum Gasteiger partial charge on any atom is -0.443 e. The highest BCUT2D eigenvalue weighted by molar-refractivity contribution is 5.73. The molecule has 1 aromatic heterocycles. The Morgan fingerprint density at radius 2 is 2.21 bits per heavy atom. The van der Waals surface area contributed by atoms with E-state index in [1.54, 1.807) is 0 Å². The van der Waals surface area contributed by atoms with Gasteiger partial charge in [0.1, 0.15) is 10.9 Å². The summed E-state index contributed by atoms with van der Waals surface area (Å²) in [6.45, 7) is 0.946. The lowest BCUT2D eigenvalue weighted by Gasteiger charge is -2.44. The molecule has 0 N–H and O–H groups in total. The molecule has 2 heterocycles. The van der Waals surface area contributed by atoms with Crippen molar-refractivity contribution in [2.75, 3.05) is 27.3 Å². The molecular formula is C14H15N3O2. The highest BCUT2D eigenvalue weighted by Crippen LogP contribution is 2.43. The van der Waals surface area contributed by atoms with Gasteiger partial charge in [-0.25, -0.2) is 4.98 Å². The number of nitrogens with zero attached hydrogens (tertiary/aromatic N) is 3. The number of aromatic nitrogens is 1. The molecule has 5 heteroatoms. The van der Waals surface area contributed by atoms with Gasteiger partial charge in [-0.05, 0) is 31.8 Å². The standard InChI is InChI=1S/C14H15N3O2/c1-17(2)13(14(6-15)7-18-8-14)10-3-4-11-12(5-10)19-9-16-11/h3-5,9,13H,7-8H2,1-2H3. The Morgan fingerprint density at radius 3 is 2.79 bits per heavy atom. The fraction of sp³-hybridized carbons (Fsp3) is 0.429. The van der Waals surface area contributed by atoms with E-state index in [2.05, 4.69) is 16.0 Å². The molecule has 0 amide bonds. The zero-order valence-electron chi connectivity index (χ0n) is 11.0. The van der Waals surface area contributed by atoms with Gasteiger partial charge in [-0.3, -0.25) is 0 Å². The van der Waals surface area contributed by atoms with Crippen molar-refractivity contribution in [1.82, 2.24) is 9.88 Å². The topological polar surface area (TPSA) is 62.3 Å². The molecule has 1 aromatic carbocycles. The molecule has 3 rings (SSSR count). The first-order valence-electron chi connectivity index (χ1n) is 6.15. The Labute approximate surface area is 111 Å². The summed E-state index contributed by atoms with van der Waals surface area (Å²) < 4.78 is 10.6. The third kappa shape index (κ3) is 1.81. The molecule has 0 aliphatic carbocycles. The minimum absolute atomic E-state index is 0.0132. The summed E-state index contributed by atoms with van der Waals surface area (Å²) in [5.41, 5.74) is 2.16. The summed E-state index contributed by atoms with van der Waals surface area (Å²) in [7, 11) is 3.96. The second-order valence-corrected chi connectivity index (χ2v) is 5.21. The molecule has 1 aliphatic rings.